The van der Waals surface area contributed by atoms with Crippen LogP contribution in [0.5, 0.6) is 5.75 Å². The van der Waals surface area contributed by atoms with E-state index in [1.165, 1.54) is 13.8 Å². The van der Waals surface area contributed by atoms with Crippen LogP contribution in [0.1, 0.15) is 33.6 Å². The molecule has 1 aliphatic rings. The molecule has 0 radical (unpaired) electrons. The quantitative estimate of drug-likeness (QED) is 0.701. The lowest BCUT2D eigenvalue weighted by Crippen LogP contribution is -2.50. The molecule has 158 valence electrons. The van der Waals surface area contributed by atoms with Crippen LogP contribution in [0.4, 0.5) is 5.95 Å². The van der Waals surface area contributed by atoms with Crippen LogP contribution in [0.3, 0.4) is 0 Å². The molecule has 0 spiro atoms. The maximum absolute atomic E-state index is 13.0. The van der Waals surface area contributed by atoms with E-state index in [0.717, 1.165) is 11.3 Å². The number of aromatic amines is 1. The Hall–Kier alpha value is -2.46. The number of hydrogen-bond donors (Lipinski definition) is 2. The summed E-state index contributed by atoms with van der Waals surface area (Å²) in [4.78, 5) is 15.7. The fourth-order valence-corrected chi connectivity index (χ4v) is 5.07. The van der Waals surface area contributed by atoms with Crippen molar-refractivity contribution in [2.24, 2.45) is 0 Å². The lowest BCUT2D eigenvalue weighted by Gasteiger charge is -2.30. The van der Waals surface area contributed by atoms with E-state index in [1.54, 1.807) is 0 Å². The van der Waals surface area contributed by atoms with Gasteiger partial charge in [0, 0.05) is 18.8 Å². The molecule has 9 nitrogen and oxygen atoms in total. The predicted octanol–water partition coefficient (Wildman–Crippen LogP) is 2.18. The number of nitrogens with zero attached hydrogens (tertiary/aromatic N) is 2. The summed E-state index contributed by atoms with van der Waals surface area (Å²) in [6.07, 6.45) is 0.784. The highest BCUT2D eigenvalue weighted by Crippen LogP contribution is 2.29. The number of carbonyl (C=O) groups excluding carboxylic acids is 1. The van der Waals surface area contributed by atoms with E-state index in [4.69, 9.17) is 9.47 Å². The molecule has 0 bridgehead atoms. The van der Waals surface area contributed by atoms with Crippen molar-refractivity contribution < 1.29 is 22.7 Å². The number of rotatable bonds is 7. The Kier molecular flexibility index (Phi) is 6.23. The van der Waals surface area contributed by atoms with E-state index in [-0.39, 0.29) is 5.95 Å². The van der Waals surface area contributed by atoms with Crippen molar-refractivity contribution in [3.63, 3.8) is 0 Å². The highest BCUT2D eigenvalue weighted by Gasteiger charge is 2.46. The minimum atomic E-state index is -3.70. The summed E-state index contributed by atoms with van der Waals surface area (Å²) < 4.78 is 35.0. The van der Waals surface area contributed by atoms with E-state index >= 15 is 0 Å². The zero-order chi connectivity index (χ0) is 21.1. The summed E-state index contributed by atoms with van der Waals surface area (Å²) in [6, 6.07) is 7.25. The first-order valence-corrected chi connectivity index (χ1v) is 11.1. The zero-order valence-electron chi connectivity index (χ0n) is 16.8. The molecule has 0 saturated carbocycles. The molecule has 2 heterocycles. The van der Waals surface area contributed by atoms with Gasteiger partial charge in [0.1, 0.15) is 10.5 Å². The number of hydrogen-bond acceptors (Lipinski definition) is 7. The monoisotopic (exact) mass is 422 g/mol. The van der Waals surface area contributed by atoms with Gasteiger partial charge in [-0.3, -0.25) is 10.1 Å². The number of H-pyrrole nitrogens is 1. The molecule has 1 aliphatic heterocycles. The molecule has 0 aliphatic carbocycles. The number of nitrogens with one attached hydrogen (secondary N) is 2. The lowest BCUT2D eigenvalue weighted by atomic mass is 10.2. The third-order valence-electron chi connectivity index (χ3n) is 5.02. The lowest BCUT2D eigenvalue weighted by molar-refractivity contribution is -0.117. The van der Waals surface area contributed by atoms with Crippen LogP contribution in [0, 0.1) is 0 Å². The van der Waals surface area contributed by atoms with Crippen LogP contribution < -0.4 is 10.1 Å². The Morgan fingerprint density at radius 3 is 2.52 bits per heavy atom. The van der Waals surface area contributed by atoms with Crippen LogP contribution in [0.25, 0.3) is 11.4 Å². The van der Waals surface area contributed by atoms with Gasteiger partial charge in [0.15, 0.2) is 15.7 Å². The minimum Gasteiger partial charge on any atom is -0.494 e. The standard InChI is InChI=1S/C19H26N4O5S/c1-4-28-14-7-5-13(6-8-14)16-20-18(23-22-16)21-17(24)19(2,3)29(25,26)15-9-11-27-12-10-15/h5-8,15H,4,9-12H2,1-3H3,(H2,20,21,22,23,24). The van der Waals surface area contributed by atoms with Gasteiger partial charge in [0.2, 0.25) is 11.9 Å². The van der Waals surface area contributed by atoms with E-state index in [2.05, 4.69) is 20.5 Å². The zero-order valence-corrected chi connectivity index (χ0v) is 17.6. The number of aromatic nitrogens is 3. The highest BCUT2D eigenvalue weighted by atomic mass is 32.2. The molecule has 1 fully saturated rings. The van der Waals surface area contributed by atoms with Crippen LogP contribution in [-0.2, 0) is 19.4 Å². The number of anilines is 1. The van der Waals surface area contributed by atoms with Crippen molar-refractivity contribution in [3.8, 4) is 17.1 Å². The number of sulfone groups is 1. The fraction of sp³-hybridized carbons (Fsp3) is 0.526. The molecule has 2 N–H and O–H groups in total. The summed E-state index contributed by atoms with van der Waals surface area (Å²) in [5.74, 6) is 0.630. The second-order valence-corrected chi connectivity index (χ2v) is 10.1. The van der Waals surface area contributed by atoms with Crippen molar-refractivity contribution in [3.05, 3.63) is 24.3 Å². The van der Waals surface area contributed by atoms with Crippen molar-refractivity contribution in [2.45, 2.75) is 43.6 Å². The average molecular weight is 423 g/mol. The molecule has 0 unspecified atom stereocenters. The predicted molar refractivity (Wildman–Crippen MR) is 108 cm³/mol. The molecule has 1 aromatic carbocycles. The molecule has 3 rings (SSSR count). The van der Waals surface area contributed by atoms with Crippen LogP contribution >= 0.6 is 0 Å². The molecule has 2 aromatic rings. The Morgan fingerprint density at radius 2 is 1.90 bits per heavy atom. The van der Waals surface area contributed by atoms with Gasteiger partial charge in [-0.25, -0.2) is 8.42 Å². The third kappa shape index (κ3) is 4.43. The SMILES string of the molecule is CCOc1ccc(-c2nnc(NC(=O)C(C)(C)S(=O)(=O)C3CCOCC3)[nH]2)cc1. The number of ether oxygens (including phenoxy) is 2. The maximum atomic E-state index is 13.0. The summed E-state index contributed by atoms with van der Waals surface area (Å²) in [6.45, 7) is 6.07. The van der Waals surface area contributed by atoms with Gasteiger partial charge >= 0.3 is 0 Å². The Labute approximate surface area is 170 Å². The summed E-state index contributed by atoms with van der Waals surface area (Å²) in [7, 11) is -3.70. The van der Waals surface area contributed by atoms with E-state index in [1.807, 2.05) is 31.2 Å². The normalized spacial score (nSPS) is 15.8. The van der Waals surface area contributed by atoms with Crippen molar-refractivity contribution in [2.75, 3.05) is 25.1 Å². The number of benzene rings is 1. The topological polar surface area (TPSA) is 123 Å². The molecular weight excluding hydrogens is 396 g/mol. The first-order chi connectivity index (χ1) is 13.8. The smallest absolute Gasteiger partial charge is 0.247 e. The molecule has 29 heavy (non-hydrogen) atoms. The van der Waals surface area contributed by atoms with Gasteiger partial charge in [-0.2, -0.15) is 0 Å². The van der Waals surface area contributed by atoms with Crippen LogP contribution in [0.2, 0.25) is 0 Å². The number of carbonyl (C=O) groups is 1. The highest BCUT2D eigenvalue weighted by molar-refractivity contribution is 7.94. The van der Waals surface area contributed by atoms with Crippen molar-refractivity contribution in [1.29, 1.82) is 0 Å². The summed E-state index contributed by atoms with van der Waals surface area (Å²) >= 11 is 0. The molecule has 10 heteroatoms. The largest absolute Gasteiger partial charge is 0.494 e. The van der Waals surface area contributed by atoms with E-state index < -0.39 is 25.7 Å². The molecule has 0 atom stereocenters. The maximum Gasteiger partial charge on any atom is 0.247 e. The number of amides is 1. The van der Waals surface area contributed by atoms with Gasteiger partial charge in [-0.1, -0.05) is 0 Å². The Balaban J connectivity index is 1.72. The van der Waals surface area contributed by atoms with Gasteiger partial charge in [0.05, 0.1) is 11.9 Å². The first-order valence-electron chi connectivity index (χ1n) is 9.54. The molecular formula is C19H26N4O5S. The van der Waals surface area contributed by atoms with Gasteiger partial charge < -0.3 is 14.5 Å². The van der Waals surface area contributed by atoms with Crippen LogP contribution in [0.15, 0.2) is 24.3 Å². The Bertz CT molecular complexity index is 947. The third-order valence-corrected chi connectivity index (χ3v) is 7.98. The van der Waals surface area contributed by atoms with E-state index in [0.29, 0.717) is 38.5 Å². The summed E-state index contributed by atoms with van der Waals surface area (Å²) in [5.41, 5.74) is 0.760. The van der Waals surface area contributed by atoms with Crippen molar-refractivity contribution >= 4 is 21.7 Å². The van der Waals surface area contributed by atoms with Crippen LogP contribution in [-0.4, -0.2) is 59.3 Å². The van der Waals surface area contributed by atoms with Gasteiger partial charge in [-0.15, -0.1) is 10.2 Å². The van der Waals surface area contributed by atoms with Gasteiger partial charge in [-0.05, 0) is 57.9 Å². The van der Waals surface area contributed by atoms with Gasteiger partial charge in [0.25, 0.3) is 0 Å². The minimum absolute atomic E-state index is 0.0918. The molecule has 1 aromatic heterocycles. The summed E-state index contributed by atoms with van der Waals surface area (Å²) in [5, 5.41) is 9.89. The second kappa shape index (κ2) is 8.50. The molecule has 1 saturated heterocycles. The molecule has 1 amide bonds. The first kappa shape index (κ1) is 21.3. The fourth-order valence-electron chi connectivity index (χ4n) is 3.11. The van der Waals surface area contributed by atoms with Crippen molar-refractivity contribution in [1.82, 2.24) is 15.2 Å². The second-order valence-electron chi connectivity index (χ2n) is 7.30. The Morgan fingerprint density at radius 1 is 1.24 bits per heavy atom. The van der Waals surface area contributed by atoms with E-state index in [9.17, 15) is 13.2 Å². The average Bonchev–Trinajstić information content (AvgIpc) is 3.17.